The number of nitrogen functional groups attached to an aromatic ring is 1. The number of nitrogens with zero attached hydrogens (tertiary/aromatic N) is 5. The predicted molar refractivity (Wildman–Crippen MR) is 187 cm³/mol. The largest absolute Gasteiger partial charge is 0.436 e. The number of piperidine rings is 2. The number of likely N-dealkylation sites (N-methyl/N-ethyl adjacent to an activating group) is 1. The zero-order valence-electron chi connectivity index (χ0n) is 28.3. The van der Waals surface area contributed by atoms with Crippen molar-refractivity contribution < 1.29 is 32.3 Å². The van der Waals surface area contributed by atoms with E-state index in [1.54, 1.807) is 4.90 Å². The molecule has 15 heteroatoms. The molecule has 3 N–H and O–H groups in total. The van der Waals surface area contributed by atoms with Crippen LogP contribution in [0.1, 0.15) is 42.4 Å². The number of piperazine rings is 1. The van der Waals surface area contributed by atoms with E-state index in [-0.39, 0.29) is 28.5 Å². The van der Waals surface area contributed by atoms with Gasteiger partial charge in [0.25, 0.3) is 5.91 Å². The third kappa shape index (κ3) is 8.31. The lowest BCUT2D eigenvalue weighted by atomic mass is 9.99. The van der Waals surface area contributed by atoms with Crippen molar-refractivity contribution in [2.45, 2.75) is 62.9 Å². The number of para-hydroxylation sites is 1. The van der Waals surface area contributed by atoms with Crippen molar-refractivity contribution in [1.29, 1.82) is 0 Å². The third-order valence-corrected chi connectivity index (χ3v) is 11.2. The molecule has 0 saturated carbocycles. The van der Waals surface area contributed by atoms with E-state index in [0.717, 1.165) is 56.3 Å². The number of halogens is 4. The van der Waals surface area contributed by atoms with E-state index < -0.39 is 35.5 Å². The number of likely N-dealkylation sites (tertiary alicyclic amines) is 2. The first-order valence-electron chi connectivity index (χ1n) is 17.3. The molecule has 0 unspecified atom stereocenters. The van der Waals surface area contributed by atoms with Crippen LogP contribution in [-0.2, 0) is 28.5 Å². The van der Waals surface area contributed by atoms with Crippen LogP contribution in [0, 0.1) is 0 Å². The van der Waals surface area contributed by atoms with Gasteiger partial charge in [-0.2, -0.15) is 13.2 Å². The molecule has 0 radical (unpaired) electrons. The average molecular weight is 765 g/mol. The lowest BCUT2D eigenvalue weighted by Gasteiger charge is -2.42. The Balaban J connectivity index is 1.12. The molecule has 2 aromatic rings. The number of nitrogens with one attached hydrogen (secondary N) is 1. The fourth-order valence-electron chi connectivity index (χ4n) is 7.56. The van der Waals surface area contributed by atoms with E-state index in [0.29, 0.717) is 58.0 Å². The summed E-state index contributed by atoms with van der Waals surface area (Å²) < 4.78 is 47.5. The number of carbonyl (C=O) groups excluding carboxylic acids is 3. The van der Waals surface area contributed by atoms with Gasteiger partial charge >= 0.3 is 18.3 Å². The fourth-order valence-corrected chi connectivity index (χ4v) is 8.06. The second-order valence-corrected chi connectivity index (χ2v) is 14.6. The Morgan fingerprint density at radius 1 is 0.940 bits per heavy atom. The maximum absolute atomic E-state index is 14.0. The molecule has 4 heterocycles. The number of anilines is 2. The number of fused-ring (bicyclic) bond motifs is 1. The van der Waals surface area contributed by atoms with Crippen LogP contribution in [-0.4, -0.2) is 127 Å². The van der Waals surface area contributed by atoms with Crippen molar-refractivity contribution in [1.82, 2.24) is 24.5 Å². The Morgan fingerprint density at radius 3 is 2.26 bits per heavy atom. The summed E-state index contributed by atoms with van der Waals surface area (Å²) >= 11 is 3.13. The Kier molecular flexibility index (Phi) is 11.1. The maximum Gasteiger partial charge on any atom is 0.418 e. The Bertz CT molecular complexity index is 1560. The number of hydrogen-bond acceptors (Lipinski definition) is 7. The standard InChI is InChI=1S/C35H45BrF3N7O4/c1-42-16-18-43(19-17-42)25-7-11-44(12-8-25)32(47)30(22-23-20-27(35(37,38)39)31(40)28(36)21-23)50-34(49)45-13-9-26(10-14-45)46-15-6-24-4-2-3-5-29(24)41-33(46)48/h2-5,20-21,25-26,30H,6-19,22,40H2,1H3,(H,41,48)/t30-/m1/s1. The van der Waals surface area contributed by atoms with Gasteiger partial charge in [-0.15, -0.1) is 0 Å². The summed E-state index contributed by atoms with van der Waals surface area (Å²) in [6.45, 7) is 6.03. The van der Waals surface area contributed by atoms with Crippen molar-refractivity contribution >= 4 is 45.3 Å². The molecule has 4 aliphatic heterocycles. The molecule has 272 valence electrons. The lowest BCUT2D eigenvalue weighted by Crippen LogP contribution is -2.54. The molecule has 0 aromatic heterocycles. The Hall–Kier alpha value is -3.56. The molecule has 0 spiro atoms. The van der Waals surface area contributed by atoms with Gasteiger partial charge in [-0.1, -0.05) is 18.2 Å². The molecule has 0 bridgehead atoms. The minimum Gasteiger partial charge on any atom is -0.436 e. The van der Waals surface area contributed by atoms with Crippen LogP contribution in [0.15, 0.2) is 40.9 Å². The van der Waals surface area contributed by atoms with Crippen molar-refractivity contribution in [2.24, 2.45) is 0 Å². The van der Waals surface area contributed by atoms with Gasteiger partial charge in [-0.05, 0) is 84.4 Å². The third-order valence-electron chi connectivity index (χ3n) is 10.6. The molecule has 2 aromatic carbocycles. The van der Waals surface area contributed by atoms with Gasteiger partial charge in [-0.3, -0.25) is 9.69 Å². The van der Waals surface area contributed by atoms with E-state index in [9.17, 15) is 27.6 Å². The first-order valence-corrected chi connectivity index (χ1v) is 18.1. The number of urea groups is 1. The van der Waals surface area contributed by atoms with Gasteiger partial charge in [0.05, 0.1) is 11.3 Å². The number of rotatable bonds is 6. The molecule has 3 saturated heterocycles. The van der Waals surface area contributed by atoms with E-state index in [1.165, 1.54) is 11.0 Å². The number of alkyl halides is 3. The number of ether oxygens (including phenoxy) is 1. The summed E-state index contributed by atoms with van der Waals surface area (Å²) in [5, 5.41) is 2.99. The van der Waals surface area contributed by atoms with Gasteiger partial charge in [0, 0.05) is 87.6 Å². The van der Waals surface area contributed by atoms with Crippen LogP contribution in [0.25, 0.3) is 0 Å². The highest BCUT2D eigenvalue weighted by Gasteiger charge is 2.38. The topological polar surface area (TPSA) is 115 Å². The number of nitrogens with two attached hydrogens (primary N) is 1. The van der Waals surface area contributed by atoms with Crippen molar-refractivity contribution in [3.8, 4) is 0 Å². The monoisotopic (exact) mass is 763 g/mol. The Morgan fingerprint density at radius 2 is 1.58 bits per heavy atom. The van der Waals surface area contributed by atoms with Crippen molar-refractivity contribution in [3.63, 3.8) is 0 Å². The minimum absolute atomic E-state index is 0.0514. The van der Waals surface area contributed by atoms with E-state index in [1.807, 2.05) is 29.2 Å². The van der Waals surface area contributed by atoms with Crippen LogP contribution >= 0.6 is 15.9 Å². The van der Waals surface area contributed by atoms with Gasteiger partial charge in [0.15, 0.2) is 6.10 Å². The van der Waals surface area contributed by atoms with Crippen molar-refractivity contribution in [3.05, 3.63) is 57.6 Å². The summed E-state index contributed by atoms with van der Waals surface area (Å²) in [5.74, 6) is -0.424. The van der Waals surface area contributed by atoms with Crippen LogP contribution in [0.4, 0.5) is 34.1 Å². The lowest BCUT2D eigenvalue weighted by molar-refractivity contribution is -0.142. The van der Waals surface area contributed by atoms with Crippen LogP contribution in [0.5, 0.6) is 0 Å². The highest BCUT2D eigenvalue weighted by atomic mass is 79.9. The summed E-state index contributed by atoms with van der Waals surface area (Å²) in [6.07, 6.45) is -3.68. The molecular formula is C35H45BrF3N7O4. The maximum atomic E-state index is 14.0. The molecule has 50 heavy (non-hydrogen) atoms. The molecule has 0 aliphatic carbocycles. The smallest absolute Gasteiger partial charge is 0.418 e. The van der Waals surface area contributed by atoms with Crippen LogP contribution in [0.2, 0.25) is 0 Å². The van der Waals surface area contributed by atoms with Crippen LogP contribution < -0.4 is 11.1 Å². The summed E-state index contributed by atoms with van der Waals surface area (Å²) in [4.78, 5) is 50.4. The summed E-state index contributed by atoms with van der Waals surface area (Å²) in [6, 6.07) is 10.2. The van der Waals surface area contributed by atoms with E-state index >= 15 is 0 Å². The minimum atomic E-state index is -4.71. The molecule has 4 amide bonds. The van der Waals surface area contributed by atoms with Crippen molar-refractivity contribution in [2.75, 3.05) is 77.0 Å². The average Bonchev–Trinajstić information content (AvgIpc) is 3.27. The van der Waals surface area contributed by atoms with Gasteiger partial charge in [-0.25, -0.2) is 9.59 Å². The molecule has 4 aliphatic rings. The van der Waals surface area contributed by atoms with E-state index in [2.05, 4.69) is 38.1 Å². The number of carbonyl (C=O) groups is 3. The highest BCUT2D eigenvalue weighted by Crippen LogP contribution is 2.38. The number of hydrogen-bond donors (Lipinski definition) is 2. The highest BCUT2D eigenvalue weighted by molar-refractivity contribution is 9.10. The predicted octanol–water partition coefficient (Wildman–Crippen LogP) is 4.89. The molecular weight excluding hydrogens is 719 g/mol. The Labute approximate surface area is 299 Å². The first-order chi connectivity index (χ1) is 23.9. The zero-order valence-corrected chi connectivity index (χ0v) is 29.8. The van der Waals surface area contributed by atoms with E-state index in [4.69, 9.17) is 10.5 Å². The zero-order chi connectivity index (χ0) is 35.6. The molecule has 11 nitrogen and oxygen atoms in total. The van der Waals surface area contributed by atoms with Gasteiger partial charge in [0.2, 0.25) is 0 Å². The van der Waals surface area contributed by atoms with Gasteiger partial charge in [0.1, 0.15) is 0 Å². The summed E-state index contributed by atoms with van der Waals surface area (Å²) in [5.41, 5.74) is 6.32. The SMILES string of the molecule is CN1CCN(C2CCN(C(=O)[C@@H](Cc3cc(Br)c(N)c(C(F)(F)F)c3)OC(=O)N3CCC(N4CCc5ccccc5NC4=O)CC3)CC2)CC1. The normalized spacial score (nSPS) is 21.0. The molecule has 3 fully saturated rings. The quantitative estimate of drug-likeness (QED) is 0.403. The number of amides is 4. The summed E-state index contributed by atoms with van der Waals surface area (Å²) in [7, 11) is 2.10. The second kappa shape index (κ2) is 15.4. The molecule has 6 rings (SSSR count). The fraction of sp³-hybridized carbons (Fsp3) is 0.571. The van der Waals surface area contributed by atoms with Crippen LogP contribution in [0.3, 0.4) is 0 Å². The second-order valence-electron chi connectivity index (χ2n) is 13.8. The molecule has 1 atom stereocenters. The number of benzene rings is 2. The first kappa shape index (κ1) is 36.2. The van der Waals surface area contributed by atoms with Gasteiger partial charge < -0.3 is 35.4 Å².